The number of aryl methyl sites for hydroxylation is 1. The van der Waals surface area contributed by atoms with Crippen LogP contribution in [0.4, 0.5) is 0 Å². The molecule has 0 bridgehead atoms. The number of amides is 1. The highest BCUT2D eigenvalue weighted by molar-refractivity contribution is 5.98. The number of methoxy groups -OCH3 is 1. The fourth-order valence-electron chi connectivity index (χ4n) is 3.31. The highest BCUT2D eigenvalue weighted by Crippen LogP contribution is 2.29. The molecule has 1 unspecified atom stereocenters. The first-order valence-electron chi connectivity index (χ1n) is 8.26. The number of nitrogens with zero attached hydrogens (tertiary/aromatic N) is 1. The number of ether oxygens (including phenoxy) is 1. The predicted molar refractivity (Wildman–Crippen MR) is 94.4 cm³/mol. The number of carbonyl (C=O) groups is 2. The number of hydrogen-bond donors (Lipinski definition) is 1. The Morgan fingerprint density at radius 2 is 1.80 bits per heavy atom. The van der Waals surface area contributed by atoms with Gasteiger partial charge in [0.15, 0.2) is 0 Å². The Balaban J connectivity index is 1.75. The van der Waals surface area contributed by atoms with Crippen LogP contribution >= 0.6 is 0 Å². The Morgan fingerprint density at radius 1 is 1.12 bits per heavy atom. The quantitative estimate of drug-likeness (QED) is 0.928. The van der Waals surface area contributed by atoms with Crippen molar-refractivity contribution in [3.05, 3.63) is 64.7 Å². The van der Waals surface area contributed by atoms with E-state index in [0.717, 1.165) is 17.7 Å². The van der Waals surface area contributed by atoms with Crippen molar-refractivity contribution in [1.82, 2.24) is 4.90 Å². The monoisotopic (exact) mass is 339 g/mol. The largest absolute Gasteiger partial charge is 0.497 e. The van der Waals surface area contributed by atoms with Crippen molar-refractivity contribution in [2.24, 2.45) is 0 Å². The van der Waals surface area contributed by atoms with Crippen molar-refractivity contribution in [1.29, 1.82) is 0 Å². The summed E-state index contributed by atoms with van der Waals surface area (Å²) in [4.78, 5) is 25.8. The molecule has 1 heterocycles. The summed E-state index contributed by atoms with van der Waals surface area (Å²) in [7, 11) is 1.64. The van der Waals surface area contributed by atoms with E-state index in [1.165, 1.54) is 11.6 Å². The fraction of sp³-hybridized carbons (Fsp3) is 0.300. The summed E-state index contributed by atoms with van der Waals surface area (Å²) in [6, 6.07) is 12.7. The lowest BCUT2D eigenvalue weighted by Crippen LogP contribution is -2.28. The molecule has 0 aliphatic carbocycles. The van der Waals surface area contributed by atoms with Gasteiger partial charge in [-0.1, -0.05) is 12.1 Å². The van der Waals surface area contributed by atoms with Gasteiger partial charge in [0, 0.05) is 24.6 Å². The number of carboxylic acid groups (broad SMARTS) is 1. The molecule has 3 rings (SSSR count). The minimum absolute atomic E-state index is 0.109. The second-order valence-corrected chi connectivity index (χ2v) is 6.40. The minimum Gasteiger partial charge on any atom is -0.497 e. The van der Waals surface area contributed by atoms with Crippen LogP contribution in [0.1, 0.15) is 44.2 Å². The first kappa shape index (κ1) is 17.0. The molecule has 5 nitrogen and oxygen atoms in total. The van der Waals surface area contributed by atoms with Crippen LogP contribution in [0, 0.1) is 6.92 Å². The molecule has 1 fully saturated rings. The smallest absolute Gasteiger partial charge is 0.335 e. The standard InChI is InChI=1S/C20H21NO4/c1-13-9-16(11-17(10-13)20(23)24)19(22)21-8-7-15(12-21)14-3-5-18(25-2)6-4-14/h3-6,9-11,15H,7-8,12H2,1-2H3,(H,23,24). The van der Waals surface area contributed by atoms with E-state index in [1.807, 2.05) is 24.3 Å². The van der Waals surface area contributed by atoms with Crippen LogP contribution in [0.3, 0.4) is 0 Å². The van der Waals surface area contributed by atoms with Crippen molar-refractivity contribution in [2.75, 3.05) is 20.2 Å². The molecule has 5 heteroatoms. The van der Waals surface area contributed by atoms with E-state index in [2.05, 4.69) is 0 Å². The molecule has 2 aromatic rings. The van der Waals surface area contributed by atoms with E-state index < -0.39 is 5.97 Å². The van der Waals surface area contributed by atoms with Crippen LogP contribution in [-0.2, 0) is 0 Å². The first-order chi connectivity index (χ1) is 12.0. The molecule has 1 atom stereocenters. The van der Waals surface area contributed by atoms with Crippen LogP contribution in [0.25, 0.3) is 0 Å². The van der Waals surface area contributed by atoms with Crippen LogP contribution < -0.4 is 4.74 Å². The fourth-order valence-corrected chi connectivity index (χ4v) is 3.31. The van der Waals surface area contributed by atoms with E-state index in [4.69, 9.17) is 4.74 Å². The molecule has 1 aliphatic heterocycles. The topological polar surface area (TPSA) is 66.8 Å². The zero-order chi connectivity index (χ0) is 18.0. The lowest BCUT2D eigenvalue weighted by atomic mass is 9.98. The number of hydrogen-bond acceptors (Lipinski definition) is 3. The number of benzene rings is 2. The van der Waals surface area contributed by atoms with Crippen molar-refractivity contribution in [3.63, 3.8) is 0 Å². The normalized spacial score (nSPS) is 16.7. The van der Waals surface area contributed by atoms with Crippen LogP contribution in [-0.4, -0.2) is 42.1 Å². The highest BCUT2D eigenvalue weighted by Gasteiger charge is 2.28. The van der Waals surface area contributed by atoms with E-state index in [0.29, 0.717) is 24.6 Å². The molecule has 0 saturated carbocycles. The van der Waals surface area contributed by atoms with Gasteiger partial charge in [-0.15, -0.1) is 0 Å². The SMILES string of the molecule is COc1ccc(C2CCN(C(=O)c3cc(C)cc(C(=O)O)c3)C2)cc1. The highest BCUT2D eigenvalue weighted by atomic mass is 16.5. The summed E-state index contributed by atoms with van der Waals surface area (Å²) in [5.74, 6) is -0.0215. The Bertz CT molecular complexity index is 798. The second kappa shape index (κ2) is 6.97. The van der Waals surface area contributed by atoms with Gasteiger partial charge in [0.25, 0.3) is 5.91 Å². The second-order valence-electron chi connectivity index (χ2n) is 6.40. The van der Waals surface area contributed by atoms with Gasteiger partial charge in [0.1, 0.15) is 5.75 Å². The molecule has 1 saturated heterocycles. The van der Waals surface area contributed by atoms with Crippen LogP contribution in [0.5, 0.6) is 5.75 Å². The van der Waals surface area contributed by atoms with Gasteiger partial charge in [-0.25, -0.2) is 4.79 Å². The number of rotatable bonds is 4. The van der Waals surface area contributed by atoms with E-state index in [9.17, 15) is 14.7 Å². The number of carboxylic acids is 1. The Labute approximate surface area is 146 Å². The molecule has 130 valence electrons. The van der Waals surface area contributed by atoms with Crippen molar-refractivity contribution in [2.45, 2.75) is 19.3 Å². The Kier molecular flexibility index (Phi) is 4.74. The summed E-state index contributed by atoms with van der Waals surface area (Å²) in [6.45, 7) is 3.11. The van der Waals surface area contributed by atoms with Gasteiger partial charge in [-0.2, -0.15) is 0 Å². The molecule has 0 spiro atoms. The Hall–Kier alpha value is -2.82. The zero-order valence-electron chi connectivity index (χ0n) is 14.4. The molecule has 1 amide bonds. The third-order valence-corrected chi connectivity index (χ3v) is 4.63. The minimum atomic E-state index is -1.02. The molecular weight excluding hydrogens is 318 g/mol. The van der Waals surface area contributed by atoms with Gasteiger partial charge in [0.2, 0.25) is 0 Å². The van der Waals surface area contributed by atoms with Gasteiger partial charge in [-0.05, 0) is 54.8 Å². The maximum Gasteiger partial charge on any atom is 0.335 e. The number of likely N-dealkylation sites (tertiary alicyclic amines) is 1. The Morgan fingerprint density at radius 3 is 2.44 bits per heavy atom. The lowest BCUT2D eigenvalue weighted by molar-refractivity contribution is 0.0696. The van der Waals surface area contributed by atoms with Crippen molar-refractivity contribution in [3.8, 4) is 5.75 Å². The molecule has 0 aromatic heterocycles. The first-order valence-corrected chi connectivity index (χ1v) is 8.26. The maximum absolute atomic E-state index is 12.8. The van der Waals surface area contributed by atoms with E-state index in [-0.39, 0.29) is 11.5 Å². The molecule has 25 heavy (non-hydrogen) atoms. The zero-order valence-corrected chi connectivity index (χ0v) is 14.4. The summed E-state index contributed by atoms with van der Waals surface area (Å²) in [5.41, 5.74) is 2.54. The molecule has 2 aromatic carbocycles. The number of carbonyl (C=O) groups excluding carboxylic acids is 1. The summed E-state index contributed by atoms with van der Waals surface area (Å²) < 4.78 is 5.18. The molecule has 1 N–H and O–H groups in total. The maximum atomic E-state index is 12.8. The summed E-state index contributed by atoms with van der Waals surface area (Å²) >= 11 is 0. The van der Waals surface area contributed by atoms with Crippen LogP contribution in [0.2, 0.25) is 0 Å². The van der Waals surface area contributed by atoms with E-state index in [1.54, 1.807) is 31.1 Å². The van der Waals surface area contributed by atoms with Crippen molar-refractivity contribution < 1.29 is 19.4 Å². The lowest BCUT2D eigenvalue weighted by Gasteiger charge is -2.17. The van der Waals surface area contributed by atoms with Crippen molar-refractivity contribution >= 4 is 11.9 Å². The van der Waals surface area contributed by atoms with E-state index >= 15 is 0 Å². The predicted octanol–water partition coefficient (Wildman–Crippen LogP) is 3.33. The molecule has 0 radical (unpaired) electrons. The van der Waals surface area contributed by atoms with Gasteiger partial charge in [-0.3, -0.25) is 4.79 Å². The van der Waals surface area contributed by atoms with Gasteiger partial charge in [0.05, 0.1) is 12.7 Å². The summed E-state index contributed by atoms with van der Waals surface area (Å²) in [5, 5.41) is 9.18. The average molecular weight is 339 g/mol. The third-order valence-electron chi connectivity index (χ3n) is 4.63. The van der Waals surface area contributed by atoms with Crippen LogP contribution in [0.15, 0.2) is 42.5 Å². The average Bonchev–Trinajstić information content (AvgIpc) is 3.10. The number of aromatic carboxylic acids is 1. The third kappa shape index (κ3) is 3.65. The summed E-state index contributed by atoms with van der Waals surface area (Å²) in [6.07, 6.45) is 0.898. The molecule has 1 aliphatic rings. The van der Waals surface area contributed by atoms with Gasteiger partial charge >= 0.3 is 5.97 Å². The van der Waals surface area contributed by atoms with Gasteiger partial charge < -0.3 is 14.7 Å². The molecular formula is C20H21NO4.